The molecule has 4 aliphatic carbocycles. The second-order valence-electron chi connectivity index (χ2n) is 28.4. The molecular formula is C66H100O27. The molecule has 93 heavy (non-hydrogen) atoms. The Labute approximate surface area is 543 Å². The molecular weight excluding hydrogens is 1220 g/mol. The van der Waals surface area contributed by atoms with Gasteiger partial charge in [0.15, 0.2) is 31.5 Å². The van der Waals surface area contributed by atoms with Gasteiger partial charge in [-0.2, -0.15) is 0 Å². The molecule has 27 heteroatoms. The van der Waals surface area contributed by atoms with Gasteiger partial charge in [0.1, 0.15) is 90.1 Å². The lowest BCUT2D eigenvalue weighted by Crippen LogP contribution is -2.81. The minimum Gasteiger partial charge on any atom is -0.462 e. The zero-order valence-electron chi connectivity index (χ0n) is 55.4. The van der Waals surface area contributed by atoms with Gasteiger partial charge >= 0.3 is 11.9 Å². The fraction of sp³-hybridized carbons (Fsp3) is 0.879. The molecule has 0 amide bonds. The van der Waals surface area contributed by atoms with Crippen LogP contribution in [0.2, 0.25) is 0 Å². The number of benzene rings is 1. The molecule has 7 aliphatic heterocycles. The minimum atomic E-state index is -1.72. The van der Waals surface area contributed by atoms with E-state index in [1.54, 1.807) is 73.3 Å². The number of esters is 2. The van der Waals surface area contributed by atoms with Gasteiger partial charge in [0.25, 0.3) is 5.97 Å². The van der Waals surface area contributed by atoms with Gasteiger partial charge in [-0.1, -0.05) is 25.1 Å². The summed E-state index contributed by atoms with van der Waals surface area (Å²) in [6.45, 7) is 13.8. The third kappa shape index (κ3) is 12.0. The number of carbonyl (C=O) groups is 2. The van der Waals surface area contributed by atoms with E-state index in [0.717, 1.165) is 25.7 Å². The third-order valence-electron chi connectivity index (χ3n) is 23.5. The Hall–Kier alpha value is -2.76. The topological polar surface area (TPSA) is 331 Å². The molecule has 2 spiro atoms. The molecule has 11 fully saturated rings. The number of hydrogen-bond donors (Lipinski definition) is 6. The van der Waals surface area contributed by atoms with E-state index in [9.17, 15) is 40.2 Å². The van der Waals surface area contributed by atoms with Gasteiger partial charge < -0.3 is 121 Å². The highest BCUT2D eigenvalue weighted by atomic mass is 16.9. The highest BCUT2D eigenvalue weighted by Gasteiger charge is 2.91. The van der Waals surface area contributed by atoms with Crippen molar-refractivity contribution in [1.82, 2.24) is 0 Å². The molecule has 6 N–H and O–H groups in total. The van der Waals surface area contributed by atoms with Crippen molar-refractivity contribution < 1.29 is 130 Å². The Morgan fingerprint density at radius 2 is 1.18 bits per heavy atom. The highest BCUT2D eigenvalue weighted by Crippen LogP contribution is 2.79. The maximum Gasteiger partial charge on any atom is 0.338 e. The zero-order valence-corrected chi connectivity index (χ0v) is 55.4. The number of rotatable bonds is 19. The molecule has 33 atom stereocenters. The van der Waals surface area contributed by atoms with Gasteiger partial charge in [-0.25, -0.2) is 4.79 Å². The van der Waals surface area contributed by atoms with E-state index in [1.807, 2.05) is 19.9 Å². The molecule has 27 nitrogen and oxygen atoms in total. The Balaban J connectivity index is 0.647. The summed E-state index contributed by atoms with van der Waals surface area (Å²) in [5.74, 6) is -2.46. The van der Waals surface area contributed by atoms with Crippen LogP contribution in [-0.4, -0.2) is 261 Å². The first-order valence-electron chi connectivity index (χ1n) is 33.4. The summed E-state index contributed by atoms with van der Waals surface area (Å²) < 4.78 is 121. The van der Waals surface area contributed by atoms with Crippen LogP contribution in [0.3, 0.4) is 0 Å². The van der Waals surface area contributed by atoms with Gasteiger partial charge in [-0.3, -0.25) is 4.79 Å². The lowest BCUT2D eigenvalue weighted by Gasteiger charge is -2.69. The van der Waals surface area contributed by atoms with Crippen molar-refractivity contribution in [1.29, 1.82) is 0 Å². The van der Waals surface area contributed by atoms with E-state index < -0.39 is 194 Å². The first-order valence-corrected chi connectivity index (χ1v) is 33.4. The maximum atomic E-state index is 13.6. The largest absolute Gasteiger partial charge is 0.462 e. The van der Waals surface area contributed by atoms with E-state index in [-0.39, 0.29) is 42.8 Å². The molecule has 2 bridgehead atoms. The maximum absolute atomic E-state index is 13.6. The lowest BCUT2D eigenvalue weighted by molar-refractivity contribution is -0.405. The molecule has 4 saturated carbocycles. The predicted molar refractivity (Wildman–Crippen MR) is 317 cm³/mol. The van der Waals surface area contributed by atoms with Crippen molar-refractivity contribution in [2.75, 3.05) is 41.7 Å². The SMILES string of the molecule is CO[C@@H]1[C@@H](O)[C@H](O[C@@H]2[C@@H](C)O[C@@H](O[C@H]3[C@@H](OC)C[C@H](O[C@H]4[C@@H](OC)C[C@H](O[C@H]5CC[C@@]6(C)[C@@H](CC[C@]78OC9(C)OC[C@]%10([C@H](OC(C)=O)C[C@H]67)[C@@]8(CC[C@@]%10(O)[C@H](C)OC(=O)c6ccccc6)O9)C5)O[C@@H]4C)O[C@@H]3C)C[C@H]2OC)O[C@H](C)[C@H]1O[C@@H]1O[C@H](CO)[C@@H](O)[C@H](O)[C@H]1O. The normalized spacial score (nSPS) is 51.4. The molecule has 1 aromatic carbocycles. The smallest absolute Gasteiger partial charge is 0.338 e. The number of methoxy groups -OCH3 is 4. The van der Waals surface area contributed by atoms with Gasteiger partial charge in [-0.15, -0.1) is 0 Å². The molecule has 7 saturated heterocycles. The van der Waals surface area contributed by atoms with Crippen LogP contribution in [0.15, 0.2) is 30.3 Å². The number of hydrogen-bond acceptors (Lipinski definition) is 27. The summed E-state index contributed by atoms with van der Waals surface area (Å²) in [4.78, 5) is 26.9. The number of aliphatic hydroxyl groups excluding tert-OH is 5. The summed E-state index contributed by atoms with van der Waals surface area (Å²) in [5.41, 5.74) is -5.10. The van der Waals surface area contributed by atoms with Gasteiger partial charge in [0.05, 0.1) is 73.0 Å². The molecule has 11 aliphatic rings. The minimum absolute atomic E-state index is 0.0272. The van der Waals surface area contributed by atoms with Crippen molar-refractivity contribution in [2.45, 2.75) is 302 Å². The van der Waals surface area contributed by atoms with Crippen LogP contribution in [0.1, 0.15) is 136 Å². The van der Waals surface area contributed by atoms with E-state index in [2.05, 4.69) is 6.92 Å². The second-order valence-corrected chi connectivity index (χ2v) is 28.4. The Morgan fingerprint density at radius 1 is 0.613 bits per heavy atom. The van der Waals surface area contributed by atoms with Crippen LogP contribution in [0.5, 0.6) is 0 Å². The average molecular weight is 1330 g/mol. The number of ether oxygens (including phenoxy) is 19. The average Bonchev–Trinajstić information content (AvgIpc) is 1.47. The van der Waals surface area contributed by atoms with Crippen molar-refractivity contribution >= 4 is 11.9 Å². The van der Waals surface area contributed by atoms with Gasteiger partial charge in [0.2, 0.25) is 0 Å². The first kappa shape index (κ1) is 70.1. The second kappa shape index (κ2) is 27.1. The lowest BCUT2D eigenvalue weighted by atomic mass is 9.40. The molecule has 0 aromatic heterocycles. The first-order chi connectivity index (χ1) is 44.2. The quantitative estimate of drug-likeness (QED) is 0.0857. The summed E-state index contributed by atoms with van der Waals surface area (Å²) in [7, 11) is 6.17. The Bertz CT molecular complexity index is 2730. The van der Waals surface area contributed by atoms with Crippen molar-refractivity contribution in [3.05, 3.63) is 35.9 Å². The summed E-state index contributed by atoms with van der Waals surface area (Å²) in [6.07, 6.45) is -16.9. The summed E-state index contributed by atoms with van der Waals surface area (Å²) in [5, 5.41) is 65.9. The van der Waals surface area contributed by atoms with Crippen molar-refractivity contribution in [3.63, 3.8) is 0 Å². The molecule has 1 aromatic rings. The zero-order chi connectivity index (χ0) is 66.5. The molecule has 1 unspecified atom stereocenters. The van der Waals surface area contributed by atoms with Crippen molar-refractivity contribution in [3.8, 4) is 0 Å². The van der Waals surface area contributed by atoms with Crippen LogP contribution in [0.25, 0.3) is 0 Å². The number of aliphatic hydroxyl groups is 6. The van der Waals surface area contributed by atoms with E-state index in [0.29, 0.717) is 37.7 Å². The van der Waals surface area contributed by atoms with Crippen LogP contribution in [0, 0.1) is 22.7 Å². The van der Waals surface area contributed by atoms with Crippen molar-refractivity contribution in [2.24, 2.45) is 22.7 Å². The monoisotopic (exact) mass is 1320 g/mol. The summed E-state index contributed by atoms with van der Waals surface area (Å²) >= 11 is 0. The van der Waals surface area contributed by atoms with Gasteiger partial charge in [-0.05, 0) is 109 Å². The third-order valence-corrected chi connectivity index (χ3v) is 23.5. The fourth-order valence-electron chi connectivity index (χ4n) is 18.9. The van der Waals surface area contributed by atoms with Crippen LogP contribution in [0.4, 0.5) is 0 Å². The van der Waals surface area contributed by atoms with Gasteiger partial charge in [0, 0.05) is 67.5 Å². The number of fused-ring (bicyclic) bond motifs is 3. The fourth-order valence-corrected chi connectivity index (χ4v) is 18.9. The van der Waals surface area contributed by atoms with E-state index in [1.165, 1.54) is 14.0 Å². The van der Waals surface area contributed by atoms with Crippen LogP contribution < -0.4 is 0 Å². The highest BCUT2D eigenvalue weighted by molar-refractivity contribution is 5.89. The van der Waals surface area contributed by atoms with Crippen LogP contribution in [-0.2, 0) is 94.8 Å². The van der Waals surface area contributed by atoms with E-state index >= 15 is 0 Å². The van der Waals surface area contributed by atoms with Crippen LogP contribution >= 0.6 is 0 Å². The Kier molecular flexibility index (Phi) is 20.4. The summed E-state index contributed by atoms with van der Waals surface area (Å²) in [6, 6.07) is 8.67. The number of carbonyl (C=O) groups excluding carboxylic acids is 2. The predicted octanol–water partition coefficient (Wildman–Crippen LogP) is 2.82. The molecule has 12 rings (SSSR count). The molecule has 526 valence electrons. The van der Waals surface area contributed by atoms with E-state index in [4.69, 9.17) is 90.0 Å². The molecule has 0 radical (unpaired) electrons. The Morgan fingerprint density at radius 3 is 1.76 bits per heavy atom. The molecule has 7 heterocycles. The standard InChI is InChI=1S/C66H100O27/c1-31-53(88-47-26-41(76-10)54(32(2)81-47)89-48-27-42(77-11)55(33(3)82-48)90-60-52(72)57(78-12)56(34(4)83-60)91-59-51(71)50(70)49(69)43(29-67)87-59)40(75-9)25-46(80-31)86-39-19-20-61(7)38(24-39)18-21-65-44(61)28-45(85-36(6)68)63-30-79-62(8,92-65)93-66(63,65)23-22-64(63,74)35(5)84-58(73)37-16-14-13-15-17-37/h13-17,31-35,38-57,59-60,67,69-72,74H,18-30H2,1-12H3/t31-,32-,33-,34-,35+,38+,39+,40+,41+,42-,43-,44-,45-,46+,47+,48+,49-,50+,51-,52-,53-,54-,55-,56-,57-,59+,60+,61+,62?,63-,64-,65+,66-/m1/s1.